The van der Waals surface area contributed by atoms with Gasteiger partial charge in [-0.1, -0.05) is 0 Å². The SMILES string of the molecule is NC(=O)c1ccc(C(F)(F)F)cc1C(=O)NO. The number of hydroxylamine groups is 1. The third-order valence-electron chi connectivity index (χ3n) is 1.96. The van der Waals surface area contributed by atoms with E-state index in [4.69, 9.17) is 10.9 Å². The van der Waals surface area contributed by atoms with Gasteiger partial charge in [0.1, 0.15) is 0 Å². The first-order valence-electron chi connectivity index (χ1n) is 4.23. The Balaban J connectivity index is 3.39. The summed E-state index contributed by atoms with van der Waals surface area (Å²) in [5.41, 5.74) is 3.85. The molecule has 2 amide bonds. The highest BCUT2D eigenvalue weighted by Crippen LogP contribution is 2.30. The molecular weight excluding hydrogens is 241 g/mol. The van der Waals surface area contributed by atoms with Crippen molar-refractivity contribution in [2.75, 3.05) is 0 Å². The van der Waals surface area contributed by atoms with Crippen LogP contribution in [-0.4, -0.2) is 17.0 Å². The molecule has 0 aromatic heterocycles. The van der Waals surface area contributed by atoms with Crippen LogP contribution in [0.25, 0.3) is 0 Å². The molecule has 0 heterocycles. The molecule has 92 valence electrons. The molecule has 17 heavy (non-hydrogen) atoms. The maximum Gasteiger partial charge on any atom is 0.416 e. The van der Waals surface area contributed by atoms with Gasteiger partial charge in [-0.25, -0.2) is 5.48 Å². The van der Waals surface area contributed by atoms with Gasteiger partial charge < -0.3 is 5.73 Å². The summed E-state index contributed by atoms with van der Waals surface area (Å²) >= 11 is 0. The highest BCUT2D eigenvalue weighted by atomic mass is 19.4. The minimum absolute atomic E-state index is 0.412. The van der Waals surface area contributed by atoms with E-state index in [1.54, 1.807) is 0 Å². The summed E-state index contributed by atoms with van der Waals surface area (Å²) in [6, 6.07) is 1.83. The maximum atomic E-state index is 12.4. The van der Waals surface area contributed by atoms with E-state index in [9.17, 15) is 22.8 Å². The first-order chi connectivity index (χ1) is 7.77. The van der Waals surface area contributed by atoms with Crippen LogP contribution in [0.1, 0.15) is 26.3 Å². The molecule has 8 heteroatoms. The van der Waals surface area contributed by atoms with Crippen molar-refractivity contribution in [3.05, 3.63) is 34.9 Å². The van der Waals surface area contributed by atoms with Gasteiger partial charge in [0, 0.05) is 0 Å². The second kappa shape index (κ2) is 4.42. The van der Waals surface area contributed by atoms with Crippen LogP contribution >= 0.6 is 0 Å². The van der Waals surface area contributed by atoms with Crippen LogP contribution < -0.4 is 11.2 Å². The highest BCUT2D eigenvalue weighted by Gasteiger charge is 2.32. The van der Waals surface area contributed by atoms with Gasteiger partial charge in [-0.05, 0) is 18.2 Å². The Bertz CT molecular complexity index is 471. The average Bonchev–Trinajstić information content (AvgIpc) is 2.25. The lowest BCUT2D eigenvalue weighted by molar-refractivity contribution is -0.137. The second-order valence-electron chi connectivity index (χ2n) is 3.06. The fourth-order valence-corrected chi connectivity index (χ4v) is 1.18. The number of hydrogen-bond acceptors (Lipinski definition) is 3. The summed E-state index contributed by atoms with van der Waals surface area (Å²) in [4.78, 5) is 22.0. The molecule has 0 saturated heterocycles. The lowest BCUT2D eigenvalue weighted by Crippen LogP contribution is -2.25. The molecule has 4 N–H and O–H groups in total. The van der Waals surface area contributed by atoms with Crippen molar-refractivity contribution in [2.45, 2.75) is 6.18 Å². The smallest absolute Gasteiger partial charge is 0.366 e. The van der Waals surface area contributed by atoms with Crippen molar-refractivity contribution in [1.29, 1.82) is 0 Å². The summed E-state index contributed by atoms with van der Waals surface area (Å²) in [6.45, 7) is 0. The highest BCUT2D eigenvalue weighted by molar-refractivity contribution is 6.06. The second-order valence-corrected chi connectivity index (χ2v) is 3.06. The molecule has 1 rings (SSSR count). The van der Waals surface area contributed by atoms with E-state index in [1.165, 1.54) is 0 Å². The third kappa shape index (κ3) is 2.72. The van der Waals surface area contributed by atoms with E-state index in [0.29, 0.717) is 12.1 Å². The lowest BCUT2D eigenvalue weighted by Gasteiger charge is -2.10. The first-order valence-corrected chi connectivity index (χ1v) is 4.23. The number of halogens is 3. The molecule has 0 aliphatic carbocycles. The Hall–Kier alpha value is -2.09. The van der Waals surface area contributed by atoms with Crippen molar-refractivity contribution in [1.82, 2.24) is 5.48 Å². The van der Waals surface area contributed by atoms with E-state index in [2.05, 4.69) is 0 Å². The van der Waals surface area contributed by atoms with E-state index in [-0.39, 0.29) is 0 Å². The number of nitrogens with two attached hydrogens (primary N) is 1. The first kappa shape index (κ1) is 13.0. The zero-order valence-corrected chi connectivity index (χ0v) is 8.21. The Kier molecular flexibility index (Phi) is 3.37. The average molecular weight is 248 g/mol. The maximum absolute atomic E-state index is 12.4. The van der Waals surface area contributed by atoms with Crippen molar-refractivity contribution in [2.24, 2.45) is 5.73 Å². The Labute approximate surface area is 93.0 Å². The zero-order valence-electron chi connectivity index (χ0n) is 8.21. The van der Waals surface area contributed by atoms with Gasteiger partial charge in [0.25, 0.3) is 5.91 Å². The molecule has 0 aliphatic rings. The summed E-state index contributed by atoms with van der Waals surface area (Å²) in [6.07, 6.45) is -4.67. The summed E-state index contributed by atoms with van der Waals surface area (Å²) in [5.74, 6) is -2.32. The predicted molar refractivity (Wildman–Crippen MR) is 49.2 cm³/mol. The summed E-state index contributed by atoms with van der Waals surface area (Å²) in [5, 5.41) is 8.36. The van der Waals surface area contributed by atoms with Gasteiger partial charge in [-0.2, -0.15) is 13.2 Å². The van der Waals surface area contributed by atoms with E-state index >= 15 is 0 Å². The monoisotopic (exact) mass is 248 g/mol. The molecule has 0 atom stereocenters. The molecular formula is C9H7F3N2O3. The number of carbonyl (C=O) groups is 2. The molecule has 5 nitrogen and oxygen atoms in total. The van der Waals surface area contributed by atoms with Gasteiger partial charge >= 0.3 is 6.18 Å². The number of amides is 2. The van der Waals surface area contributed by atoms with Gasteiger partial charge in [0.15, 0.2) is 0 Å². The van der Waals surface area contributed by atoms with Crippen molar-refractivity contribution in [3.63, 3.8) is 0 Å². The van der Waals surface area contributed by atoms with Crippen LogP contribution in [0.3, 0.4) is 0 Å². The zero-order chi connectivity index (χ0) is 13.2. The quantitative estimate of drug-likeness (QED) is 0.536. The molecule has 0 bridgehead atoms. The Morgan fingerprint density at radius 3 is 2.24 bits per heavy atom. The molecule has 0 fully saturated rings. The van der Waals surface area contributed by atoms with Crippen LogP contribution in [0.15, 0.2) is 18.2 Å². The number of primary amides is 1. The standard InChI is InChI=1S/C9H7F3N2O3/c10-9(11,12)4-1-2-5(7(13)15)6(3-4)8(16)14-17/h1-3,17H,(H2,13,15)(H,14,16). The summed E-state index contributed by atoms with van der Waals surface area (Å²) < 4.78 is 37.1. The van der Waals surface area contributed by atoms with Crippen LogP contribution in [0, 0.1) is 0 Å². The lowest BCUT2D eigenvalue weighted by atomic mass is 10.0. The third-order valence-corrected chi connectivity index (χ3v) is 1.96. The van der Waals surface area contributed by atoms with Crippen LogP contribution in [-0.2, 0) is 6.18 Å². The Morgan fingerprint density at radius 1 is 1.24 bits per heavy atom. The number of alkyl halides is 3. The van der Waals surface area contributed by atoms with Gasteiger partial charge in [-0.3, -0.25) is 14.8 Å². The van der Waals surface area contributed by atoms with E-state index in [1.807, 2.05) is 0 Å². The minimum atomic E-state index is -4.67. The number of nitrogens with one attached hydrogen (secondary N) is 1. The Morgan fingerprint density at radius 2 is 1.82 bits per heavy atom. The largest absolute Gasteiger partial charge is 0.416 e. The molecule has 0 saturated carbocycles. The fraction of sp³-hybridized carbons (Fsp3) is 0.111. The molecule has 0 radical (unpaired) electrons. The van der Waals surface area contributed by atoms with Crippen molar-refractivity contribution < 1.29 is 28.0 Å². The fourth-order valence-electron chi connectivity index (χ4n) is 1.18. The molecule has 0 unspecified atom stereocenters. The minimum Gasteiger partial charge on any atom is -0.366 e. The van der Waals surface area contributed by atoms with Crippen LogP contribution in [0.2, 0.25) is 0 Å². The van der Waals surface area contributed by atoms with Gasteiger partial charge in [0.05, 0.1) is 16.7 Å². The van der Waals surface area contributed by atoms with E-state index in [0.717, 1.165) is 11.5 Å². The molecule has 0 spiro atoms. The number of benzene rings is 1. The van der Waals surface area contributed by atoms with Crippen LogP contribution in [0.5, 0.6) is 0 Å². The number of carbonyl (C=O) groups excluding carboxylic acids is 2. The van der Waals surface area contributed by atoms with E-state index < -0.39 is 34.7 Å². The van der Waals surface area contributed by atoms with Crippen molar-refractivity contribution in [3.8, 4) is 0 Å². The van der Waals surface area contributed by atoms with Crippen LogP contribution in [0.4, 0.5) is 13.2 Å². The number of rotatable bonds is 2. The normalized spacial score (nSPS) is 11.1. The van der Waals surface area contributed by atoms with Crippen molar-refractivity contribution >= 4 is 11.8 Å². The summed E-state index contributed by atoms with van der Waals surface area (Å²) in [7, 11) is 0. The van der Waals surface area contributed by atoms with Gasteiger partial charge in [0.2, 0.25) is 5.91 Å². The van der Waals surface area contributed by atoms with Gasteiger partial charge in [-0.15, -0.1) is 0 Å². The molecule has 1 aromatic carbocycles. The predicted octanol–water partition coefficient (Wildman–Crippen LogP) is 0.923. The molecule has 0 aliphatic heterocycles. The topological polar surface area (TPSA) is 92.4 Å². The number of hydrogen-bond donors (Lipinski definition) is 3. The molecule has 1 aromatic rings.